The first-order valence-electron chi connectivity index (χ1n) is 12.9. The molecule has 0 saturated carbocycles. The van der Waals surface area contributed by atoms with Gasteiger partial charge < -0.3 is 14.6 Å². The van der Waals surface area contributed by atoms with E-state index >= 15 is 0 Å². The maximum Gasteiger partial charge on any atom is 0.137 e. The van der Waals surface area contributed by atoms with Gasteiger partial charge >= 0.3 is 0 Å². The number of ether oxygens (including phenoxy) is 2. The molecule has 256 valence electrons. The average molecular weight is 1220 g/mol. The van der Waals surface area contributed by atoms with Crippen LogP contribution in [0.2, 0.25) is 0 Å². The van der Waals surface area contributed by atoms with Crippen molar-refractivity contribution < 1.29 is 23.4 Å². The fourth-order valence-electron chi connectivity index (χ4n) is 4.39. The Bertz CT molecular complexity index is 1450. The van der Waals surface area contributed by atoms with Crippen molar-refractivity contribution in [3.05, 3.63) is 105 Å². The van der Waals surface area contributed by atoms with Crippen LogP contribution in [0.3, 0.4) is 0 Å². The van der Waals surface area contributed by atoms with Gasteiger partial charge in [-0.2, -0.15) is 5.10 Å². The third-order valence-corrected chi connectivity index (χ3v) is 7.28. The quantitative estimate of drug-likeness (QED) is 0.154. The van der Waals surface area contributed by atoms with Crippen molar-refractivity contribution >= 4 is 122 Å². The summed E-state index contributed by atoms with van der Waals surface area (Å²) in [4.78, 5) is 5.92. The minimum Gasteiger partial charge on any atom is -0.508 e. The molecule has 1 saturated heterocycles. The number of aryl methyl sites for hydroxylation is 2. The van der Waals surface area contributed by atoms with E-state index in [-0.39, 0.29) is 27.3 Å². The molecular weight excluding hydrogens is 1180 g/mol. The molecule has 0 aliphatic carbocycles. The Morgan fingerprint density at radius 2 is 1.61 bits per heavy atom. The number of aromatic hydroxyl groups is 1. The Hall–Kier alpha value is 0.100. The molecular formula is C32H39Br2F2I4N3O3. The molecule has 46 heavy (non-hydrogen) atoms. The summed E-state index contributed by atoms with van der Waals surface area (Å²) in [6, 6.07) is 14.8. The number of benzene rings is 3. The molecule has 1 aromatic heterocycles. The summed E-state index contributed by atoms with van der Waals surface area (Å²) in [6.45, 7) is 4.96. The predicted octanol–water partition coefficient (Wildman–Crippen LogP) is 12.0. The van der Waals surface area contributed by atoms with E-state index in [9.17, 15) is 8.78 Å². The summed E-state index contributed by atoms with van der Waals surface area (Å²) < 4.78 is 44.6. The zero-order valence-corrected chi connectivity index (χ0v) is 35.8. The van der Waals surface area contributed by atoms with Crippen LogP contribution in [0.25, 0.3) is 0 Å². The van der Waals surface area contributed by atoms with Crippen LogP contribution < -0.4 is 4.74 Å². The summed E-state index contributed by atoms with van der Waals surface area (Å²) in [7, 11) is 0. The Morgan fingerprint density at radius 3 is 2.13 bits per heavy atom. The summed E-state index contributed by atoms with van der Waals surface area (Å²) in [6.07, 6.45) is 3.49. The van der Waals surface area contributed by atoms with E-state index in [1.807, 2.05) is 49.1 Å². The van der Waals surface area contributed by atoms with Crippen molar-refractivity contribution in [3.63, 3.8) is 0 Å². The third-order valence-electron chi connectivity index (χ3n) is 6.29. The van der Waals surface area contributed by atoms with Gasteiger partial charge in [0.1, 0.15) is 41.3 Å². The minimum atomic E-state index is -0.964. The molecule has 2 atom stereocenters. The van der Waals surface area contributed by atoms with Crippen molar-refractivity contribution in [3.8, 4) is 11.5 Å². The van der Waals surface area contributed by atoms with E-state index in [1.165, 1.54) is 18.5 Å². The van der Waals surface area contributed by atoms with Crippen molar-refractivity contribution in [2.24, 2.45) is 5.92 Å². The van der Waals surface area contributed by atoms with Crippen molar-refractivity contribution in [1.82, 2.24) is 14.8 Å². The number of hydrogen-bond donors (Lipinski definition) is 1. The Morgan fingerprint density at radius 1 is 1.00 bits per heavy atom. The highest BCUT2D eigenvalue weighted by Gasteiger charge is 2.44. The van der Waals surface area contributed by atoms with Crippen molar-refractivity contribution in [2.75, 3.05) is 18.1 Å². The molecule has 14 heteroatoms. The average Bonchev–Trinajstić information content (AvgIpc) is 3.62. The standard InChI is InChI=1S/C21H20BrF2N3O2.C7H7BrO.CHI3.CH3I.2CH4/c1-14-6-16(22)2-5-20(14)28-9-15-8-21(29-10-15,11-27-13-25-12-26-27)18-4-3-17(23)7-19(18)24;1-5-4-6(8)2-3-7(5)9;2-1(3)4;1-2;;/h2-7,12-13,15H,8-11H2,1H3;2-4,9H,1H3;1H;1H3;2*1H4/t15-,21+;;;;;/m1...../s1. The fraction of sp³-hybridized carbons (Fsp3) is 0.375. The molecule has 6 nitrogen and oxygen atoms in total. The van der Waals surface area contributed by atoms with E-state index in [1.54, 1.807) is 17.1 Å². The van der Waals surface area contributed by atoms with Gasteiger partial charge in [-0.05, 0) is 78.8 Å². The van der Waals surface area contributed by atoms with Gasteiger partial charge in [0.05, 0.1) is 19.8 Å². The molecule has 2 heterocycles. The number of phenolic OH excluding ortho intramolecular Hbond substituents is 1. The summed E-state index contributed by atoms with van der Waals surface area (Å²) in [5.41, 5.74) is 1.27. The highest BCUT2D eigenvalue weighted by molar-refractivity contribution is 14.3. The summed E-state index contributed by atoms with van der Waals surface area (Å²) in [5.74, 6) is -0.0552. The van der Waals surface area contributed by atoms with Crippen molar-refractivity contribution in [1.29, 1.82) is 0 Å². The molecule has 0 bridgehead atoms. The maximum atomic E-state index is 14.6. The summed E-state index contributed by atoms with van der Waals surface area (Å²) >= 11 is 15.8. The highest BCUT2D eigenvalue weighted by Crippen LogP contribution is 2.42. The van der Waals surface area contributed by atoms with Gasteiger partial charge in [-0.1, -0.05) is 143 Å². The van der Waals surface area contributed by atoms with Crippen LogP contribution in [-0.4, -0.2) is 38.0 Å². The van der Waals surface area contributed by atoms with Crippen LogP contribution in [0.4, 0.5) is 8.78 Å². The van der Waals surface area contributed by atoms with Gasteiger partial charge in [0.2, 0.25) is 0 Å². The maximum absolute atomic E-state index is 14.6. The second-order valence-corrected chi connectivity index (χ2v) is 22.2. The number of alkyl halides is 4. The third kappa shape index (κ3) is 15.3. The van der Waals surface area contributed by atoms with Gasteiger partial charge in [0, 0.05) is 26.5 Å². The zero-order chi connectivity index (χ0) is 32.9. The van der Waals surface area contributed by atoms with Gasteiger partial charge in [-0.25, -0.2) is 18.4 Å². The molecule has 1 fully saturated rings. The zero-order valence-electron chi connectivity index (χ0n) is 24.0. The largest absolute Gasteiger partial charge is 0.508 e. The smallest absolute Gasteiger partial charge is 0.137 e. The Labute approximate surface area is 343 Å². The van der Waals surface area contributed by atoms with Gasteiger partial charge in [-0.15, -0.1) is 0 Å². The molecule has 0 unspecified atom stereocenters. The number of rotatable bonds is 6. The normalized spacial score (nSPS) is 16.3. The molecule has 3 aromatic carbocycles. The topological polar surface area (TPSA) is 69.4 Å². The predicted molar refractivity (Wildman–Crippen MR) is 226 cm³/mol. The molecule has 0 spiro atoms. The monoisotopic (exact) mass is 1220 g/mol. The number of halogens is 8. The van der Waals surface area contributed by atoms with Crippen molar-refractivity contribution in [2.45, 2.75) is 47.2 Å². The summed E-state index contributed by atoms with van der Waals surface area (Å²) in [5, 5.41) is 13.2. The Kier molecular flexibility index (Phi) is 23.5. The van der Waals surface area contributed by atoms with Crippen LogP contribution in [0.5, 0.6) is 11.5 Å². The van der Waals surface area contributed by atoms with E-state index < -0.39 is 17.2 Å². The lowest BCUT2D eigenvalue weighted by Gasteiger charge is -2.29. The molecule has 1 aliphatic heterocycles. The lowest BCUT2D eigenvalue weighted by atomic mass is 9.87. The first-order chi connectivity index (χ1) is 20.9. The van der Waals surface area contributed by atoms with Gasteiger partial charge in [0.25, 0.3) is 0 Å². The number of hydrogen-bond acceptors (Lipinski definition) is 5. The second kappa shape index (κ2) is 23.5. The van der Waals surface area contributed by atoms with E-state index in [2.05, 4.69) is 132 Å². The van der Waals surface area contributed by atoms with Crippen LogP contribution in [-0.2, 0) is 16.9 Å². The minimum absolute atomic E-state index is 0. The number of aromatic nitrogens is 3. The SMILES string of the molecule is C.C.CI.Cc1cc(Br)ccc1O.Cc1cc(Br)ccc1OC[C@@H]1CO[C@@](Cn2cncn2)(c2ccc(F)cc2F)C1.IC(I)I. The first-order valence-corrected chi connectivity index (χ1v) is 20.4. The fourth-order valence-corrected chi connectivity index (χ4v) is 5.34. The molecule has 1 N–H and O–H groups in total. The molecule has 4 aromatic rings. The molecule has 5 rings (SSSR count). The van der Waals surface area contributed by atoms with Crippen LogP contribution in [0.15, 0.2) is 76.2 Å². The highest BCUT2D eigenvalue weighted by atomic mass is 127. The van der Waals surface area contributed by atoms with E-state index in [4.69, 9.17) is 14.6 Å². The molecule has 0 radical (unpaired) electrons. The number of nitrogens with zero attached hydrogens (tertiary/aromatic N) is 3. The van der Waals surface area contributed by atoms with Crippen LogP contribution >= 0.6 is 122 Å². The van der Waals surface area contributed by atoms with Gasteiger partial charge in [0.15, 0.2) is 0 Å². The number of phenols is 1. The van der Waals surface area contributed by atoms with E-state index in [0.29, 0.717) is 30.9 Å². The van der Waals surface area contributed by atoms with Crippen LogP contribution in [0.1, 0.15) is 38.0 Å². The Balaban J connectivity index is 0.000000999. The lowest BCUT2D eigenvalue weighted by molar-refractivity contribution is -0.0206. The second-order valence-electron chi connectivity index (χ2n) is 9.49. The molecule has 1 aliphatic rings. The van der Waals surface area contributed by atoms with Gasteiger partial charge in [-0.3, -0.25) is 0 Å². The van der Waals surface area contributed by atoms with Crippen LogP contribution in [0, 0.1) is 31.4 Å². The first kappa shape index (κ1) is 46.1. The molecule has 0 amide bonds. The van der Waals surface area contributed by atoms with E-state index in [0.717, 1.165) is 31.8 Å². The lowest BCUT2D eigenvalue weighted by Crippen LogP contribution is -2.32.